The second-order valence-corrected chi connectivity index (χ2v) is 8.66. The van der Waals surface area contributed by atoms with E-state index in [1.165, 1.54) is 23.5 Å². The number of piperidine rings is 1. The van der Waals surface area contributed by atoms with Crippen molar-refractivity contribution in [2.45, 2.75) is 31.7 Å². The first-order chi connectivity index (χ1) is 12.0. The second-order valence-electron chi connectivity index (χ2n) is 6.20. The number of ketones is 2. The van der Waals surface area contributed by atoms with Crippen LogP contribution in [0.3, 0.4) is 0 Å². The molecule has 0 spiro atoms. The van der Waals surface area contributed by atoms with Gasteiger partial charge < -0.3 is 0 Å². The number of nitrogens with zero attached hydrogens (tertiary/aromatic N) is 1. The first-order valence-electron chi connectivity index (χ1n) is 8.37. The lowest BCUT2D eigenvalue weighted by Gasteiger charge is -2.34. The molecule has 2 aromatic rings. The topological polar surface area (TPSA) is 37.4 Å². The molecule has 1 fully saturated rings. The van der Waals surface area contributed by atoms with Gasteiger partial charge in [-0.25, -0.2) is 4.39 Å². The molecule has 0 saturated carbocycles. The number of rotatable bonds is 6. The molecule has 3 rings (SSSR count). The normalized spacial score (nSPS) is 17.5. The summed E-state index contributed by atoms with van der Waals surface area (Å²) in [4.78, 5) is 28.0. The molecule has 0 bridgehead atoms. The van der Waals surface area contributed by atoms with Gasteiger partial charge in [-0.2, -0.15) is 0 Å². The number of hydrogen-bond acceptors (Lipinski definition) is 4. The van der Waals surface area contributed by atoms with Crippen molar-refractivity contribution in [3.05, 3.63) is 56.4 Å². The third kappa shape index (κ3) is 5.22. The van der Waals surface area contributed by atoms with Crippen LogP contribution in [0.5, 0.6) is 0 Å². The molecule has 7 heteroatoms. The lowest BCUT2D eigenvalue weighted by atomic mass is 9.94. The van der Waals surface area contributed by atoms with E-state index >= 15 is 0 Å². The van der Waals surface area contributed by atoms with Gasteiger partial charge in [0.05, 0.1) is 14.7 Å². The third-order valence-electron chi connectivity index (χ3n) is 4.52. The van der Waals surface area contributed by atoms with Gasteiger partial charge in [0.15, 0.2) is 11.6 Å². The summed E-state index contributed by atoms with van der Waals surface area (Å²) >= 11 is 4.81. The van der Waals surface area contributed by atoms with Crippen molar-refractivity contribution in [1.82, 2.24) is 4.90 Å². The summed E-state index contributed by atoms with van der Waals surface area (Å²) in [5.74, 6) is -0.218. The quantitative estimate of drug-likeness (QED) is 0.543. The summed E-state index contributed by atoms with van der Waals surface area (Å²) < 4.78 is 14.0. The predicted molar refractivity (Wildman–Crippen MR) is 108 cm³/mol. The lowest BCUT2D eigenvalue weighted by Crippen LogP contribution is -2.45. The number of carbonyl (C=O) groups excluding carboxylic acids is 2. The zero-order chi connectivity index (χ0) is 17.8. The maximum Gasteiger partial charge on any atom is 0.179 e. The SMILES string of the molecule is Cl.O=C(CCN1CCCCC1C(=O)c1ccc(F)cc1)c1ccc(Br)s1. The minimum absolute atomic E-state index is 0. The number of carbonyl (C=O) groups is 2. The van der Waals surface area contributed by atoms with E-state index in [1.807, 2.05) is 12.1 Å². The molecule has 1 saturated heterocycles. The van der Waals surface area contributed by atoms with Gasteiger partial charge in [0.1, 0.15) is 5.82 Å². The molecule has 0 amide bonds. The zero-order valence-electron chi connectivity index (χ0n) is 14.1. The monoisotopic (exact) mass is 459 g/mol. The van der Waals surface area contributed by atoms with Crippen LogP contribution in [0, 0.1) is 5.82 Å². The van der Waals surface area contributed by atoms with Gasteiger partial charge in [0.25, 0.3) is 0 Å². The highest BCUT2D eigenvalue weighted by Crippen LogP contribution is 2.25. The average Bonchev–Trinajstić information content (AvgIpc) is 3.06. The Morgan fingerprint density at radius 3 is 2.54 bits per heavy atom. The summed E-state index contributed by atoms with van der Waals surface area (Å²) in [7, 11) is 0. The van der Waals surface area contributed by atoms with E-state index in [4.69, 9.17) is 0 Å². The molecule has 1 atom stereocenters. The van der Waals surface area contributed by atoms with Crippen molar-refractivity contribution in [3.8, 4) is 0 Å². The van der Waals surface area contributed by atoms with Crippen molar-refractivity contribution in [2.75, 3.05) is 13.1 Å². The lowest BCUT2D eigenvalue weighted by molar-refractivity contribution is 0.0722. The number of halogens is 3. The molecule has 0 radical (unpaired) electrons. The summed E-state index contributed by atoms with van der Waals surface area (Å²) in [5, 5.41) is 0. The van der Waals surface area contributed by atoms with Crippen molar-refractivity contribution >= 4 is 51.2 Å². The molecule has 1 aliphatic heterocycles. The van der Waals surface area contributed by atoms with Crippen LogP contribution in [0.1, 0.15) is 45.7 Å². The fourth-order valence-electron chi connectivity index (χ4n) is 3.19. The number of thiophene rings is 1. The van der Waals surface area contributed by atoms with Crippen LogP contribution in [0.15, 0.2) is 40.2 Å². The van der Waals surface area contributed by atoms with E-state index < -0.39 is 0 Å². The van der Waals surface area contributed by atoms with Crippen LogP contribution < -0.4 is 0 Å². The maximum absolute atomic E-state index is 13.1. The summed E-state index contributed by atoms with van der Waals surface area (Å²) in [6, 6.07) is 9.20. The maximum atomic E-state index is 13.1. The van der Waals surface area contributed by atoms with E-state index in [9.17, 15) is 14.0 Å². The number of Topliss-reactive ketones (excluding diaryl/α,β-unsaturated/α-hetero) is 2. The molecule has 0 aliphatic carbocycles. The second kappa shape index (κ2) is 9.74. The minimum Gasteiger partial charge on any atom is -0.293 e. The molecular formula is C19H20BrClFNO2S. The molecule has 140 valence electrons. The fraction of sp³-hybridized carbons (Fsp3) is 0.368. The molecule has 1 aliphatic rings. The van der Waals surface area contributed by atoms with Gasteiger partial charge in [-0.3, -0.25) is 14.5 Å². The zero-order valence-corrected chi connectivity index (χ0v) is 17.3. The Morgan fingerprint density at radius 2 is 1.88 bits per heavy atom. The van der Waals surface area contributed by atoms with E-state index in [1.54, 1.807) is 12.1 Å². The van der Waals surface area contributed by atoms with Crippen LogP contribution in [-0.2, 0) is 0 Å². The Balaban J connectivity index is 0.00000243. The largest absolute Gasteiger partial charge is 0.293 e. The van der Waals surface area contributed by atoms with Crippen LogP contribution in [-0.4, -0.2) is 35.6 Å². The van der Waals surface area contributed by atoms with Crippen molar-refractivity contribution < 1.29 is 14.0 Å². The fourth-order valence-corrected chi connectivity index (χ4v) is 4.55. The molecule has 26 heavy (non-hydrogen) atoms. The van der Waals surface area contributed by atoms with Gasteiger partial charge in [0, 0.05) is 18.5 Å². The Kier molecular flexibility index (Phi) is 7.95. The van der Waals surface area contributed by atoms with Gasteiger partial charge in [-0.1, -0.05) is 6.42 Å². The van der Waals surface area contributed by atoms with Crippen LogP contribution in [0.4, 0.5) is 4.39 Å². The Bertz CT molecular complexity index is 765. The highest BCUT2D eigenvalue weighted by atomic mass is 79.9. The molecule has 3 nitrogen and oxygen atoms in total. The summed E-state index contributed by atoms with van der Waals surface area (Å²) in [6.45, 7) is 1.39. The number of hydrogen-bond donors (Lipinski definition) is 0. The van der Waals surface area contributed by atoms with Gasteiger partial charge in [-0.15, -0.1) is 23.7 Å². The van der Waals surface area contributed by atoms with E-state index in [0.29, 0.717) is 18.5 Å². The average molecular weight is 461 g/mol. The Labute approximate surface area is 171 Å². The van der Waals surface area contributed by atoms with Crippen molar-refractivity contribution in [3.63, 3.8) is 0 Å². The van der Waals surface area contributed by atoms with Crippen LogP contribution >= 0.6 is 39.7 Å². The molecule has 1 aromatic carbocycles. The highest BCUT2D eigenvalue weighted by molar-refractivity contribution is 9.11. The summed E-state index contributed by atoms with van der Waals surface area (Å²) in [6.07, 6.45) is 3.22. The number of benzene rings is 1. The molecule has 1 aromatic heterocycles. The van der Waals surface area contributed by atoms with Gasteiger partial charge in [-0.05, 0) is 71.7 Å². The Morgan fingerprint density at radius 1 is 1.15 bits per heavy atom. The standard InChI is InChI=1S/C19H19BrFNO2S.ClH/c20-18-9-8-17(25-18)16(23)10-12-22-11-2-1-3-15(22)19(24)13-4-6-14(21)7-5-13;/h4-9,15H,1-3,10-12H2;1H. The highest BCUT2D eigenvalue weighted by Gasteiger charge is 2.29. The van der Waals surface area contributed by atoms with Crippen LogP contribution in [0.2, 0.25) is 0 Å². The van der Waals surface area contributed by atoms with Gasteiger partial charge >= 0.3 is 0 Å². The molecule has 1 unspecified atom stereocenters. The summed E-state index contributed by atoms with van der Waals surface area (Å²) in [5.41, 5.74) is 0.534. The Hall–Kier alpha value is -1.08. The van der Waals surface area contributed by atoms with Crippen molar-refractivity contribution in [2.24, 2.45) is 0 Å². The van der Waals surface area contributed by atoms with Gasteiger partial charge in [0.2, 0.25) is 0 Å². The van der Waals surface area contributed by atoms with E-state index in [-0.39, 0.29) is 35.8 Å². The first-order valence-corrected chi connectivity index (χ1v) is 9.98. The van der Waals surface area contributed by atoms with E-state index in [0.717, 1.165) is 34.5 Å². The van der Waals surface area contributed by atoms with Crippen LogP contribution in [0.25, 0.3) is 0 Å². The number of likely N-dealkylation sites (tertiary alicyclic amines) is 1. The van der Waals surface area contributed by atoms with Crippen molar-refractivity contribution in [1.29, 1.82) is 0 Å². The van der Waals surface area contributed by atoms with E-state index in [2.05, 4.69) is 20.8 Å². The molecular weight excluding hydrogens is 441 g/mol. The minimum atomic E-state index is -0.343. The third-order valence-corrected chi connectivity index (χ3v) is 6.18. The molecule has 2 heterocycles. The smallest absolute Gasteiger partial charge is 0.179 e. The molecule has 0 N–H and O–H groups in total. The first kappa shape index (κ1) is 21.2. The predicted octanol–water partition coefficient (Wildman–Crippen LogP) is 5.38.